The highest BCUT2D eigenvalue weighted by Gasteiger charge is 2.25. The van der Waals surface area contributed by atoms with Gasteiger partial charge in [0.15, 0.2) is 0 Å². The number of rotatable bonds is 5. The molecular weight excluding hydrogens is 407 g/mol. The SMILES string of the molecule is COc1ccc(Cc2c(C)nc(C)nc2N2CCN(C(=O)c3cccc(F)c3)CC2)cc1. The number of aromatic nitrogens is 2. The van der Waals surface area contributed by atoms with Gasteiger partial charge in [-0.1, -0.05) is 18.2 Å². The Kier molecular flexibility index (Phi) is 6.35. The first-order valence-electron chi connectivity index (χ1n) is 10.7. The molecule has 2 heterocycles. The van der Waals surface area contributed by atoms with Crippen LogP contribution in [0, 0.1) is 19.7 Å². The number of carbonyl (C=O) groups excluding carboxylic acids is 1. The highest BCUT2D eigenvalue weighted by atomic mass is 19.1. The summed E-state index contributed by atoms with van der Waals surface area (Å²) in [6.45, 7) is 6.34. The molecule has 1 amide bonds. The third kappa shape index (κ3) is 4.72. The molecule has 0 bridgehead atoms. The molecule has 0 unspecified atom stereocenters. The van der Waals surface area contributed by atoms with E-state index in [1.165, 1.54) is 12.1 Å². The first-order valence-corrected chi connectivity index (χ1v) is 10.7. The molecule has 0 atom stereocenters. The van der Waals surface area contributed by atoms with Crippen LogP contribution in [0.15, 0.2) is 48.5 Å². The Balaban J connectivity index is 1.52. The summed E-state index contributed by atoms with van der Waals surface area (Å²) in [5.74, 6) is 1.94. The number of anilines is 1. The number of piperazine rings is 1. The molecule has 1 aliphatic heterocycles. The maximum absolute atomic E-state index is 13.5. The van der Waals surface area contributed by atoms with E-state index in [4.69, 9.17) is 9.72 Å². The molecule has 0 aliphatic carbocycles. The number of hydrogen-bond acceptors (Lipinski definition) is 5. The van der Waals surface area contributed by atoms with Crippen LogP contribution >= 0.6 is 0 Å². The summed E-state index contributed by atoms with van der Waals surface area (Å²) in [6, 6.07) is 13.9. The summed E-state index contributed by atoms with van der Waals surface area (Å²) in [6.07, 6.45) is 0.716. The maximum Gasteiger partial charge on any atom is 0.254 e. The molecule has 0 N–H and O–H groups in total. The fraction of sp³-hybridized carbons (Fsp3) is 0.320. The van der Waals surface area contributed by atoms with Gasteiger partial charge in [-0.05, 0) is 49.7 Å². The van der Waals surface area contributed by atoms with Crippen LogP contribution in [0.2, 0.25) is 0 Å². The van der Waals surface area contributed by atoms with E-state index in [2.05, 4.69) is 22.0 Å². The Morgan fingerprint density at radius 1 is 1.03 bits per heavy atom. The smallest absolute Gasteiger partial charge is 0.254 e. The lowest BCUT2D eigenvalue weighted by atomic mass is 10.0. The van der Waals surface area contributed by atoms with Crippen molar-refractivity contribution in [3.05, 3.63) is 82.6 Å². The average molecular weight is 435 g/mol. The Morgan fingerprint density at radius 3 is 2.41 bits per heavy atom. The second-order valence-electron chi connectivity index (χ2n) is 7.97. The predicted octanol–water partition coefficient (Wildman–Crippen LogP) is 3.79. The van der Waals surface area contributed by atoms with Gasteiger partial charge in [-0.25, -0.2) is 14.4 Å². The summed E-state index contributed by atoms with van der Waals surface area (Å²) in [5.41, 5.74) is 3.59. The van der Waals surface area contributed by atoms with Crippen molar-refractivity contribution < 1.29 is 13.9 Å². The summed E-state index contributed by atoms with van der Waals surface area (Å²) in [4.78, 5) is 26.1. The van der Waals surface area contributed by atoms with E-state index >= 15 is 0 Å². The van der Waals surface area contributed by atoms with Crippen molar-refractivity contribution in [2.24, 2.45) is 0 Å². The first-order chi connectivity index (χ1) is 15.4. The molecule has 1 aromatic heterocycles. The van der Waals surface area contributed by atoms with Crippen molar-refractivity contribution in [1.82, 2.24) is 14.9 Å². The minimum absolute atomic E-state index is 0.141. The van der Waals surface area contributed by atoms with E-state index in [0.717, 1.165) is 34.2 Å². The van der Waals surface area contributed by atoms with Gasteiger partial charge in [0.1, 0.15) is 23.2 Å². The molecule has 2 aromatic carbocycles. The number of carbonyl (C=O) groups is 1. The number of nitrogens with zero attached hydrogens (tertiary/aromatic N) is 4. The normalized spacial score (nSPS) is 13.9. The minimum atomic E-state index is -0.399. The molecule has 4 rings (SSSR count). The molecular formula is C25H27FN4O2. The number of ether oxygens (including phenoxy) is 1. The Morgan fingerprint density at radius 2 is 1.75 bits per heavy atom. The van der Waals surface area contributed by atoms with Crippen LogP contribution in [-0.2, 0) is 6.42 Å². The van der Waals surface area contributed by atoms with Gasteiger partial charge in [-0.2, -0.15) is 0 Å². The lowest BCUT2D eigenvalue weighted by molar-refractivity contribution is 0.0746. The van der Waals surface area contributed by atoms with Crippen LogP contribution in [0.25, 0.3) is 0 Å². The van der Waals surface area contributed by atoms with Gasteiger partial charge in [-0.15, -0.1) is 0 Å². The molecule has 0 spiro atoms. The average Bonchev–Trinajstić information content (AvgIpc) is 2.81. The molecule has 1 fully saturated rings. The highest BCUT2D eigenvalue weighted by molar-refractivity contribution is 5.94. The van der Waals surface area contributed by atoms with E-state index in [-0.39, 0.29) is 5.91 Å². The molecule has 0 radical (unpaired) electrons. The van der Waals surface area contributed by atoms with Crippen molar-refractivity contribution in [2.75, 3.05) is 38.2 Å². The zero-order valence-electron chi connectivity index (χ0n) is 18.6. The minimum Gasteiger partial charge on any atom is -0.497 e. The lowest BCUT2D eigenvalue weighted by Crippen LogP contribution is -2.49. The topological polar surface area (TPSA) is 58.6 Å². The maximum atomic E-state index is 13.5. The van der Waals surface area contributed by atoms with E-state index in [0.29, 0.717) is 38.2 Å². The van der Waals surface area contributed by atoms with E-state index in [9.17, 15) is 9.18 Å². The Bertz CT molecular complexity index is 1110. The van der Waals surface area contributed by atoms with Crippen LogP contribution in [0.4, 0.5) is 10.2 Å². The van der Waals surface area contributed by atoms with Gasteiger partial charge in [-0.3, -0.25) is 4.79 Å². The summed E-state index contributed by atoms with van der Waals surface area (Å²) in [7, 11) is 1.66. The number of halogens is 1. The zero-order chi connectivity index (χ0) is 22.7. The van der Waals surface area contributed by atoms with Crippen LogP contribution in [0.3, 0.4) is 0 Å². The second-order valence-corrected chi connectivity index (χ2v) is 7.97. The van der Waals surface area contributed by atoms with Crippen molar-refractivity contribution in [3.8, 4) is 5.75 Å². The van der Waals surface area contributed by atoms with Gasteiger partial charge in [0.05, 0.1) is 7.11 Å². The summed E-state index contributed by atoms with van der Waals surface area (Å²) < 4.78 is 18.8. The van der Waals surface area contributed by atoms with Gasteiger partial charge < -0.3 is 14.5 Å². The molecule has 166 valence electrons. The van der Waals surface area contributed by atoms with Gasteiger partial charge >= 0.3 is 0 Å². The summed E-state index contributed by atoms with van der Waals surface area (Å²) in [5, 5.41) is 0. The van der Waals surface area contributed by atoms with Crippen LogP contribution in [-0.4, -0.2) is 54.1 Å². The number of aryl methyl sites for hydroxylation is 2. The van der Waals surface area contributed by atoms with Gasteiger partial charge in [0.25, 0.3) is 5.91 Å². The number of amides is 1. The lowest BCUT2D eigenvalue weighted by Gasteiger charge is -2.36. The molecule has 32 heavy (non-hydrogen) atoms. The Labute approximate surface area is 187 Å². The molecule has 6 nitrogen and oxygen atoms in total. The third-order valence-electron chi connectivity index (χ3n) is 5.78. The van der Waals surface area contributed by atoms with Crippen molar-refractivity contribution in [3.63, 3.8) is 0 Å². The molecule has 3 aromatic rings. The van der Waals surface area contributed by atoms with Crippen molar-refractivity contribution >= 4 is 11.7 Å². The monoisotopic (exact) mass is 434 g/mol. The Hall–Kier alpha value is -3.48. The summed E-state index contributed by atoms with van der Waals surface area (Å²) >= 11 is 0. The number of hydrogen-bond donors (Lipinski definition) is 0. The first kappa shape index (κ1) is 21.7. The molecule has 0 saturated carbocycles. The molecule has 1 aliphatic rings. The van der Waals surface area contributed by atoms with Crippen LogP contribution in [0.1, 0.15) is 33.0 Å². The quantitative estimate of drug-likeness (QED) is 0.612. The fourth-order valence-electron chi connectivity index (χ4n) is 4.06. The zero-order valence-corrected chi connectivity index (χ0v) is 18.6. The third-order valence-corrected chi connectivity index (χ3v) is 5.78. The van der Waals surface area contributed by atoms with Gasteiger partial charge in [0, 0.05) is 49.4 Å². The predicted molar refractivity (Wildman–Crippen MR) is 122 cm³/mol. The molecule has 7 heteroatoms. The fourth-order valence-corrected chi connectivity index (χ4v) is 4.06. The van der Waals surface area contributed by atoms with E-state index < -0.39 is 5.82 Å². The van der Waals surface area contributed by atoms with Crippen LogP contribution < -0.4 is 9.64 Å². The second kappa shape index (κ2) is 9.34. The standard InChI is InChI=1S/C25H27FN4O2/c1-17-23(15-19-7-9-22(32-3)10-8-19)24(28-18(2)27-17)29-11-13-30(14-12-29)25(31)20-5-4-6-21(26)16-20/h4-10,16H,11-15H2,1-3H3. The molecule has 1 saturated heterocycles. The van der Waals surface area contributed by atoms with E-state index in [1.54, 1.807) is 24.1 Å². The van der Waals surface area contributed by atoms with Crippen LogP contribution in [0.5, 0.6) is 5.75 Å². The van der Waals surface area contributed by atoms with Gasteiger partial charge in [0.2, 0.25) is 0 Å². The largest absolute Gasteiger partial charge is 0.497 e. The van der Waals surface area contributed by atoms with Crippen molar-refractivity contribution in [1.29, 1.82) is 0 Å². The van der Waals surface area contributed by atoms with Crippen molar-refractivity contribution in [2.45, 2.75) is 20.3 Å². The van der Waals surface area contributed by atoms with E-state index in [1.807, 2.05) is 26.0 Å². The highest BCUT2D eigenvalue weighted by Crippen LogP contribution is 2.26. The number of benzene rings is 2. The number of methoxy groups -OCH3 is 1.